The van der Waals surface area contributed by atoms with E-state index in [0.717, 1.165) is 41.3 Å². The van der Waals surface area contributed by atoms with Crippen LogP contribution in [0.15, 0.2) is 28.9 Å². The Morgan fingerprint density at radius 3 is 2.79 bits per heavy atom. The summed E-state index contributed by atoms with van der Waals surface area (Å²) in [4.78, 5) is 39.8. The van der Waals surface area contributed by atoms with Crippen molar-refractivity contribution >= 4 is 17.7 Å². The molecule has 1 N–H and O–H groups in total. The number of carbonyl (C=O) groups excluding carboxylic acids is 3. The van der Waals surface area contributed by atoms with Crippen molar-refractivity contribution in [1.29, 1.82) is 0 Å². The lowest BCUT2D eigenvalue weighted by Gasteiger charge is -2.36. The van der Waals surface area contributed by atoms with E-state index in [1.54, 1.807) is 6.26 Å². The Balaban J connectivity index is 1.54. The van der Waals surface area contributed by atoms with Gasteiger partial charge in [-0.2, -0.15) is 0 Å². The summed E-state index contributed by atoms with van der Waals surface area (Å²) >= 11 is 0. The van der Waals surface area contributed by atoms with E-state index in [1.165, 1.54) is 0 Å². The topological polar surface area (TPSA) is 84.5 Å². The number of aromatic nitrogens is 1. The fourth-order valence-electron chi connectivity index (χ4n) is 4.75. The number of rotatable bonds is 5. The van der Waals surface area contributed by atoms with Crippen LogP contribution >= 0.6 is 0 Å². The van der Waals surface area contributed by atoms with Gasteiger partial charge in [0.2, 0.25) is 0 Å². The molecule has 29 heavy (non-hydrogen) atoms. The average Bonchev–Trinajstić information content (AvgIpc) is 3.36. The number of aryl methyl sites for hydroxylation is 1. The Hall–Kier alpha value is -2.83. The van der Waals surface area contributed by atoms with E-state index in [2.05, 4.69) is 5.32 Å². The molecule has 3 amide bonds. The summed E-state index contributed by atoms with van der Waals surface area (Å²) in [5.74, 6) is 0.388. The molecule has 1 saturated carbocycles. The molecule has 2 fully saturated rings. The molecule has 1 aliphatic carbocycles. The van der Waals surface area contributed by atoms with Crippen LogP contribution in [0.1, 0.15) is 60.1 Å². The molecule has 0 unspecified atom stereocenters. The van der Waals surface area contributed by atoms with Gasteiger partial charge < -0.3 is 14.3 Å². The van der Waals surface area contributed by atoms with Crippen LogP contribution < -0.4 is 5.32 Å². The highest BCUT2D eigenvalue weighted by atomic mass is 16.3. The molecule has 2 aromatic heterocycles. The van der Waals surface area contributed by atoms with Gasteiger partial charge in [0.15, 0.2) is 5.78 Å². The first kappa shape index (κ1) is 19.5. The summed E-state index contributed by atoms with van der Waals surface area (Å²) in [6, 6.07) is 5.08. The fourth-order valence-corrected chi connectivity index (χ4v) is 4.75. The molecule has 2 atom stereocenters. The maximum atomic E-state index is 13.1. The molecule has 0 aromatic carbocycles. The van der Waals surface area contributed by atoms with Crippen LogP contribution in [-0.4, -0.2) is 39.3 Å². The molecular weight excluding hydrogens is 370 g/mol. The number of Topliss-reactive ketones (excluding diaryl/α,β-unsaturated/α-hetero) is 1. The van der Waals surface area contributed by atoms with Crippen LogP contribution in [0.5, 0.6) is 0 Å². The van der Waals surface area contributed by atoms with E-state index in [-0.39, 0.29) is 24.2 Å². The average molecular weight is 397 g/mol. The normalized spacial score (nSPS) is 24.4. The van der Waals surface area contributed by atoms with Gasteiger partial charge in [-0.15, -0.1) is 0 Å². The van der Waals surface area contributed by atoms with Gasteiger partial charge in [0.1, 0.15) is 11.3 Å². The summed E-state index contributed by atoms with van der Waals surface area (Å²) in [6.45, 7) is 6.11. The van der Waals surface area contributed by atoms with Crippen molar-refractivity contribution in [3.05, 3.63) is 47.2 Å². The van der Waals surface area contributed by atoms with Crippen molar-refractivity contribution in [2.75, 3.05) is 6.54 Å². The fraction of sp³-hybridized carbons (Fsp3) is 0.500. The molecule has 1 aliphatic heterocycles. The minimum absolute atomic E-state index is 0.0751. The Bertz CT molecular complexity index is 959. The van der Waals surface area contributed by atoms with Gasteiger partial charge in [-0.05, 0) is 50.8 Å². The number of carbonyl (C=O) groups is 3. The number of urea groups is 1. The second-order valence-corrected chi connectivity index (χ2v) is 8.31. The molecule has 3 heterocycles. The van der Waals surface area contributed by atoms with Crippen LogP contribution in [0.3, 0.4) is 0 Å². The molecule has 2 aromatic rings. The maximum Gasteiger partial charge on any atom is 0.325 e. The molecule has 4 rings (SSSR count). The highest BCUT2D eigenvalue weighted by molar-refractivity contribution is 6.11. The first-order valence-corrected chi connectivity index (χ1v) is 10.2. The monoisotopic (exact) mass is 397 g/mol. The summed E-state index contributed by atoms with van der Waals surface area (Å²) in [5.41, 5.74) is 1.42. The first-order valence-electron chi connectivity index (χ1n) is 10.2. The summed E-state index contributed by atoms with van der Waals surface area (Å²) in [6.07, 6.45) is 5.14. The Morgan fingerprint density at radius 2 is 2.10 bits per heavy atom. The Morgan fingerprint density at radius 1 is 1.31 bits per heavy atom. The predicted molar refractivity (Wildman–Crippen MR) is 107 cm³/mol. The first-order chi connectivity index (χ1) is 13.8. The van der Waals surface area contributed by atoms with Crippen LogP contribution in [-0.2, 0) is 11.3 Å². The van der Waals surface area contributed by atoms with Crippen LogP contribution in [0.4, 0.5) is 4.79 Å². The third-order valence-electron chi connectivity index (χ3n) is 6.57. The number of hydrogen-bond donors (Lipinski definition) is 1. The van der Waals surface area contributed by atoms with Gasteiger partial charge in [-0.1, -0.05) is 19.8 Å². The van der Waals surface area contributed by atoms with Crippen LogP contribution in [0, 0.1) is 19.8 Å². The third kappa shape index (κ3) is 3.18. The number of ketones is 1. The minimum Gasteiger partial charge on any atom is -0.467 e. The van der Waals surface area contributed by atoms with Gasteiger partial charge in [0.25, 0.3) is 5.91 Å². The maximum absolute atomic E-state index is 13.1. The number of furan rings is 1. The lowest BCUT2D eigenvalue weighted by Crippen LogP contribution is -2.54. The highest BCUT2D eigenvalue weighted by Gasteiger charge is 2.55. The van der Waals surface area contributed by atoms with Gasteiger partial charge in [-0.25, -0.2) is 4.79 Å². The Kier molecular flexibility index (Phi) is 4.84. The van der Waals surface area contributed by atoms with E-state index < -0.39 is 11.6 Å². The molecule has 7 nitrogen and oxygen atoms in total. The summed E-state index contributed by atoms with van der Waals surface area (Å²) in [5, 5.41) is 2.90. The van der Waals surface area contributed by atoms with Gasteiger partial charge >= 0.3 is 6.03 Å². The van der Waals surface area contributed by atoms with Crippen molar-refractivity contribution in [1.82, 2.24) is 14.8 Å². The quantitative estimate of drug-likeness (QED) is 0.619. The number of nitrogens with zero attached hydrogens (tertiary/aromatic N) is 2. The molecule has 1 saturated heterocycles. The number of imide groups is 1. The predicted octanol–water partition coefficient (Wildman–Crippen LogP) is 3.43. The molecule has 2 aliphatic rings. The number of hydrogen-bond acceptors (Lipinski definition) is 4. The van der Waals surface area contributed by atoms with E-state index >= 15 is 0 Å². The minimum atomic E-state index is -0.841. The lowest BCUT2D eigenvalue weighted by molar-refractivity contribution is -0.133. The second-order valence-electron chi connectivity index (χ2n) is 8.31. The molecule has 0 radical (unpaired) electrons. The second kappa shape index (κ2) is 7.21. The Labute approximate surface area is 170 Å². The smallest absolute Gasteiger partial charge is 0.325 e. The van der Waals surface area contributed by atoms with Gasteiger partial charge in [0, 0.05) is 17.0 Å². The van der Waals surface area contributed by atoms with E-state index in [4.69, 9.17) is 4.42 Å². The zero-order valence-electron chi connectivity index (χ0n) is 17.2. The molecule has 154 valence electrons. The highest BCUT2D eigenvalue weighted by Crippen LogP contribution is 2.38. The van der Waals surface area contributed by atoms with E-state index in [9.17, 15) is 14.4 Å². The largest absolute Gasteiger partial charge is 0.467 e. The van der Waals surface area contributed by atoms with Crippen molar-refractivity contribution in [3.63, 3.8) is 0 Å². The molecule has 0 bridgehead atoms. The van der Waals surface area contributed by atoms with Gasteiger partial charge in [-0.3, -0.25) is 14.5 Å². The number of amides is 3. The lowest BCUT2D eigenvalue weighted by atomic mass is 9.73. The number of nitrogens with one attached hydrogen (secondary N) is 1. The molecular formula is C22H27N3O4. The van der Waals surface area contributed by atoms with Crippen LogP contribution in [0.2, 0.25) is 0 Å². The van der Waals surface area contributed by atoms with E-state index in [0.29, 0.717) is 18.5 Å². The van der Waals surface area contributed by atoms with E-state index in [1.807, 2.05) is 43.5 Å². The van der Waals surface area contributed by atoms with Crippen molar-refractivity contribution < 1.29 is 18.8 Å². The molecule has 1 spiro atoms. The zero-order valence-corrected chi connectivity index (χ0v) is 17.2. The van der Waals surface area contributed by atoms with Crippen LogP contribution in [0.25, 0.3) is 0 Å². The third-order valence-corrected chi connectivity index (χ3v) is 6.57. The summed E-state index contributed by atoms with van der Waals surface area (Å²) in [7, 11) is 0. The van der Waals surface area contributed by atoms with Crippen molar-refractivity contribution in [2.24, 2.45) is 5.92 Å². The molecule has 7 heteroatoms. The standard InChI is InChI=1S/C22H27N3O4/c1-14-7-4-5-9-22(14)20(27)25(21(28)23-22)13-19(26)18-11-15(2)24(16(18)3)12-17-8-6-10-29-17/h6,8,10-11,14H,4-5,7,9,12-13H2,1-3H3,(H,23,28)/t14-,22-/m1/s1. The zero-order chi connectivity index (χ0) is 20.8. The SMILES string of the molecule is Cc1cc(C(=O)CN2C(=O)N[C@@]3(CCCC[C@H]3C)C2=O)c(C)n1Cc1ccco1. The van der Waals surface area contributed by atoms with Gasteiger partial charge in [0.05, 0.1) is 19.4 Å². The summed E-state index contributed by atoms with van der Waals surface area (Å²) < 4.78 is 7.42. The van der Waals surface area contributed by atoms with Crippen molar-refractivity contribution in [3.8, 4) is 0 Å². The van der Waals surface area contributed by atoms with Crippen molar-refractivity contribution in [2.45, 2.75) is 58.5 Å².